The summed E-state index contributed by atoms with van der Waals surface area (Å²) in [7, 11) is 0. The van der Waals surface area contributed by atoms with Gasteiger partial charge in [-0.3, -0.25) is 0 Å². The Kier molecular flexibility index (Phi) is 4.43. The summed E-state index contributed by atoms with van der Waals surface area (Å²) in [5, 5.41) is 6.70. The number of nitrogens with zero attached hydrogens (tertiary/aromatic N) is 1. The molecule has 0 bridgehead atoms. The fourth-order valence-corrected chi connectivity index (χ4v) is 2.93. The Labute approximate surface area is 129 Å². The van der Waals surface area contributed by atoms with Gasteiger partial charge in [-0.05, 0) is 12.5 Å². The van der Waals surface area contributed by atoms with Gasteiger partial charge in [0, 0.05) is 24.0 Å². The van der Waals surface area contributed by atoms with Crippen LogP contribution in [0.5, 0.6) is 0 Å². The Bertz CT molecular complexity index is 687. The molecule has 0 radical (unpaired) electrons. The van der Waals surface area contributed by atoms with Crippen molar-refractivity contribution in [3.05, 3.63) is 76.1 Å². The van der Waals surface area contributed by atoms with Crippen LogP contribution in [-0.2, 0) is 13.1 Å². The van der Waals surface area contributed by atoms with Crippen LogP contribution in [0.1, 0.15) is 16.1 Å². The summed E-state index contributed by atoms with van der Waals surface area (Å²) in [6, 6.07) is 18.9. The van der Waals surface area contributed by atoms with Crippen LogP contribution < -0.4 is 5.32 Å². The average Bonchev–Trinajstić information content (AvgIpc) is 2.99. The van der Waals surface area contributed by atoms with Gasteiger partial charge in [-0.1, -0.05) is 60.2 Å². The molecule has 0 atom stereocenters. The summed E-state index contributed by atoms with van der Waals surface area (Å²) in [5.74, 6) is 0. The summed E-state index contributed by atoms with van der Waals surface area (Å²) in [4.78, 5) is 4.68. The molecule has 106 valence electrons. The van der Waals surface area contributed by atoms with Gasteiger partial charge < -0.3 is 5.32 Å². The van der Waals surface area contributed by atoms with E-state index in [1.165, 1.54) is 16.7 Å². The lowest BCUT2D eigenvalue weighted by Gasteiger charge is -2.03. The van der Waals surface area contributed by atoms with Crippen molar-refractivity contribution in [1.29, 1.82) is 0 Å². The number of benzene rings is 2. The molecule has 3 rings (SSSR count). The van der Waals surface area contributed by atoms with Gasteiger partial charge in [-0.25, -0.2) is 4.98 Å². The lowest BCUT2D eigenvalue weighted by atomic mass is 10.1. The van der Waals surface area contributed by atoms with E-state index in [0.717, 1.165) is 23.8 Å². The fraction of sp³-hybridized carbons (Fsp3) is 0.167. The third-order valence-corrected chi connectivity index (χ3v) is 4.20. The fourth-order valence-electron chi connectivity index (χ4n) is 2.15. The van der Waals surface area contributed by atoms with Crippen molar-refractivity contribution in [2.24, 2.45) is 0 Å². The zero-order valence-electron chi connectivity index (χ0n) is 12.0. The van der Waals surface area contributed by atoms with Gasteiger partial charge in [0.2, 0.25) is 0 Å². The molecule has 0 unspecified atom stereocenters. The Morgan fingerprint density at radius 3 is 2.48 bits per heavy atom. The molecule has 0 fully saturated rings. The number of hydrogen-bond acceptors (Lipinski definition) is 3. The zero-order chi connectivity index (χ0) is 14.5. The second kappa shape index (κ2) is 6.66. The van der Waals surface area contributed by atoms with Crippen molar-refractivity contribution >= 4 is 11.3 Å². The van der Waals surface area contributed by atoms with Crippen molar-refractivity contribution in [2.45, 2.75) is 20.0 Å². The van der Waals surface area contributed by atoms with Crippen molar-refractivity contribution < 1.29 is 0 Å². The highest BCUT2D eigenvalue weighted by atomic mass is 32.1. The minimum atomic E-state index is 0.811. The third kappa shape index (κ3) is 3.78. The summed E-state index contributed by atoms with van der Waals surface area (Å²) >= 11 is 1.71. The zero-order valence-corrected chi connectivity index (χ0v) is 12.9. The third-order valence-electron chi connectivity index (χ3n) is 3.35. The van der Waals surface area contributed by atoms with E-state index < -0.39 is 0 Å². The quantitative estimate of drug-likeness (QED) is 0.754. The summed E-state index contributed by atoms with van der Waals surface area (Å²) in [6.07, 6.45) is 0. The van der Waals surface area contributed by atoms with Crippen molar-refractivity contribution in [3.8, 4) is 11.3 Å². The van der Waals surface area contributed by atoms with E-state index in [1.54, 1.807) is 11.3 Å². The van der Waals surface area contributed by atoms with E-state index >= 15 is 0 Å². The first-order valence-electron chi connectivity index (χ1n) is 7.07. The molecule has 0 amide bonds. The molecule has 1 heterocycles. The molecule has 1 aromatic heterocycles. The number of hydrogen-bond donors (Lipinski definition) is 1. The first-order valence-corrected chi connectivity index (χ1v) is 7.95. The molecule has 0 saturated heterocycles. The van der Waals surface area contributed by atoms with Crippen LogP contribution in [0.3, 0.4) is 0 Å². The van der Waals surface area contributed by atoms with Crippen LogP contribution in [-0.4, -0.2) is 4.98 Å². The topological polar surface area (TPSA) is 24.9 Å². The molecular formula is C18H18N2S. The average molecular weight is 294 g/mol. The minimum absolute atomic E-state index is 0.811. The Morgan fingerprint density at radius 2 is 1.71 bits per heavy atom. The van der Waals surface area contributed by atoms with Gasteiger partial charge in [0.1, 0.15) is 5.01 Å². The molecular weight excluding hydrogens is 276 g/mol. The second-order valence-electron chi connectivity index (χ2n) is 5.08. The highest BCUT2D eigenvalue weighted by Gasteiger charge is 2.03. The van der Waals surface area contributed by atoms with Crippen LogP contribution >= 0.6 is 11.3 Å². The number of nitrogens with one attached hydrogen (secondary N) is 1. The number of aryl methyl sites for hydroxylation is 1. The van der Waals surface area contributed by atoms with Gasteiger partial charge in [0.15, 0.2) is 0 Å². The molecule has 21 heavy (non-hydrogen) atoms. The molecule has 3 heteroatoms. The van der Waals surface area contributed by atoms with Gasteiger partial charge >= 0.3 is 0 Å². The lowest BCUT2D eigenvalue weighted by Crippen LogP contribution is -2.12. The molecule has 2 nitrogen and oxygen atoms in total. The maximum Gasteiger partial charge on any atom is 0.107 e. The molecule has 2 aromatic carbocycles. The second-order valence-corrected chi connectivity index (χ2v) is 6.02. The Hall–Kier alpha value is -1.97. The van der Waals surface area contributed by atoms with Gasteiger partial charge in [0.25, 0.3) is 0 Å². The Balaban J connectivity index is 1.57. The summed E-state index contributed by atoms with van der Waals surface area (Å²) in [5.41, 5.74) is 4.85. The van der Waals surface area contributed by atoms with E-state index in [4.69, 9.17) is 0 Å². The van der Waals surface area contributed by atoms with Gasteiger partial charge in [-0.2, -0.15) is 0 Å². The Morgan fingerprint density at radius 1 is 0.952 bits per heavy atom. The highest BCUT2D eigenvalue weighted by Crippen LogP contribution is 2.21. The van der Waals surface area contributed by atoms with Crippen molar-refractivity contribution in [3.63, 3.8) is 0 Å². The predicted molar refractivity (Wildman–Crippen MR) is 89.3 cm³/mol. The normalized spacial score (nSPS) is 10.7. The van der Waals surface area contributed by atoms with E-state index in [1.807, 2.05) is 18.2 Å². The first-order chi connectivity index (χ1) is 10.3. The first kappa shape index (κ1) is 14.0. The molecule has 0 aliphatic heterocycles. The molecule has 3 aromatic rings. The van der Waals surface area contributed by atoms with Gasteiger partial charge in [-0.15, -0.1) is 11.3 Å². The van der Waals surface area contributed by atoms with E-state index in [0.29, 0.717) is 0 Å². The number of thiazole rings is 1. The van der Waals surface area contributed by atoms with E-state index in [-0.39, 0.29) is 0 Å². The van der Waals surface area contributed by atoms with Crippen molar-refractivity contribution in [1.82, 2.24) is 10.3 Å². The molecule has 0 aliphatic carbocycles. The maximum atomic E-state index is 4.68. The largest absolute Gasteiger partial charge is 0.306 e. The standard InChI is InChI=1S/C18H18N2S/c1-14-7-9-15(10-8-14)11-19-12-18-20-17(13-21-18)16-5-3-2-4-6-16/h2-10,13,19H,11-12H2,1H3. The smallest absolute Gasteiger partial charge is 0.107 e. The molecule has 0 spiro atoms. The SMILES string of the molecule is Cc1ccc(CNCc2nc(-c3ccccc3)cs2)cc1. The lowest BCUT2D eigenvalue weighted by molar-refractivity contribution is 0.690. The van der Waals surface area contributed by atoms with E-state index in [9.17, 15) is 0 Å². The molecule has 0 saturated carbocycles. The predicted octanol–water partition coefficient (Wildman–Crippen LogP) is 4.41. The highest BCUT2D eigenvalue weighted by molar-refractivity contribution is 7.09. The van der Waals surface area contributed by atoms with Gasteiger partial charge in [0.05, 0.1) is 5.69 Å². The molecule has 1 N–H and O–H groups in total. The molecule has 0 aliphatic rings. The minimum Gasteiger partial charge on any atom is -0.306 e. The van der Waals surface area contributed by atoms with Crippen LogP contribution in [0.25, 0.3) is 11.3 Å². The van der Waals surface area contributed by atoms with E-state index in [2.05, 4.69) is 59.0 Å². The monoisotopic (exact) mass is 294 g/mol. The van der Waals surface area contributed by atoms with Crippen LogP contribution in [0, 0.1) is 6.92 Å². The number of rotatable bonds is 5. The van der Waals surface area contributed by atoms with Crippen LogP contribution in [0.4, 0.5) is 0 Å². The summed E-state index contributed by atoms with van der Waals surface area (Å²) in [6.45, 7) is 3.80. The van der Waals surface area contributed by atoms with Crippen LogP contribution in [0.15, 0.2) is 60.0 Å². The summed E-state index contributed by atoms with van der Waals surface area (Å²) < 4.78 is 0. The van der Waals surface area contributed by atoms with Crippen LogP contribution in [0.2, 0.25) is 0 Å². The van der Waals surface area contributed by atoms with Crippen molar-refractivity contribution in [2.75, 3.05) is 0 Å². The number of aromatic nitrogens is 1. The maximum absolute atomic E-state index is 4.68.